The molecule has 1 aromatic rings. The molecular weight excluding hydrogens is 158 g/mol. The molecular formula is C8H5NO3. The third-order valence-electron chi connectivity index (χ3n) is 1.42. The van der Waals surface area contributed by atoms with Crippen LogP contribution < -0.4 is 0 Å². The summed E-state index contributed by atoms with van der Waals surface area (Å²) in [6.07, 6.45) is 1.11. The Morgan fingerprint density at radius 1 is 1.17 bits per heavy atom. The third kappa shape index (κ3) is 1.42. The van der Waals surface area contributed by atoms with Gasteiger partial charge in [-0.3, -0.25) is 9.59 Å². The predicted molar refractivity (Wildman–Crippen MR) is 42.7 cm³/mol. The molecule has 0 atom stereocenters. The Balaban J connectivity index is 3.27. The topological polar surface area (TPSA) is 63.6 Å². The lowest BCUT2D eigenvalue weighted by atomic mass is 10.1. The third-order valence-corrected chi connectivity index (χ3v) is 1.42. The number of nitrogens with zero attached hydrogens (tertiary/aromatic N) is 1. The van der Waals surface area contributed by atoms with Crippen LogP contribution in [0.4, 0.5) is 5.69 Å². The molecule has 12 heavy (non-hydrogen) atoms. The van der Waals surface area contributed by atoms with E-state index in [4.69, 9.17) is 0 Å². The molecule has 0 radical (unpaired) electrons. The lowest BCUT2D eigenvalue weighted by molar-refractivity contribution is 0.111. The van der Waals surface area contributed by atoms with Gasteiger partial charge in [0.2, 0.25) is 0 Å². The zero-order valence-corrected chi connectivity index (χ0v) is 6.06. The monoisotopic (exact) mass is 163 g/mol. The Morgan fingerprint density at radius 3 is 2.42 bits per heavy atom. The highest BCUT2D eigenvalue weighted by molar-refractivity contribution is 5.86. The highest BCUT2D eigenvalue weighted by atomic mass is 16.3. The van der Waals surface area contributed by atoms with Crippen molar-refractivity contribution in [1.29, 1.82) is 0 Å². The van der Waals surface area contributed by atoms with Crippen LogP contribution in [-0.2, 0) is 0 Å². The molecule has 0 amide bonds. The van der Waals surface area contributed by atoms with E-state index in [2.05, 4.69) is 5.18 Å². The van der Waals surface area contributed by atoms with Crippen molar-refractivity contribution in [2.24, 2.45) is 5.18 Å². The Kier molecular flexibility index (Phi) is 2.42. The fraction of sp³-hybridized carbons (Fsp3) is 0. The van der Waals surface area contributed by atoms with Crippen molar-refractivity contribution in [3.63, 3.8) is 0 Å². The van der Waals surface area contributed by atoms with E-state index in [1.807, 2.05) is 0 Å². The number of benzene rings is 1. The van der Waals surface area contributed by atoms with Crippen LogP contribution in [0, 0.1) is 4.91 Å². The molecule has 0 aliphatic heterocycles. The van der Waals surface area contributed by atoms with Crippen LogP contribution >= 0.6 is 0 Å². The zero-order chi connectivity index (χ0) is 8.97. The highest BCUT2D eigenvalue weighted by Gasteiger charge is 2.02. The van der Waals surface area contributed by atoms with Gasteiger partial charge >= 0.3 is 0 Å². The summed E-state index contributed by atoms with van der Waals surface area (Å²) in [6.45, 7) is 0. The van der Waals surface area contributed by atoms with Crippen LogP contribution in [0.5, 0.6) is 0 Å². The van der Waals surface area contributed by atoms with Gasteiger partial charge in [0.1, 0.15) is 12.0 Å². The molecule has 60 valence electrons. The number of carbonyl (C=O) groups is 2. The first-order chi connectivity index (χ1) is 5.81. The lowest BCUT2D eigenvalue weighted by Crippen LogP contribution is -1.84. The molecule has 1 aromatic carbocycles. The minimum Gasteiger partial charge on any atom is -0.298 e. The summed E-state index contributed by atoms with van der Waals surface area (Å²) in [4.78, 5) is 30.7. The first-order valence-corrected chi connectivity index (χ1v) is 3.19. The summed E-state index contributed by atoms with van der Waals surface area (Å²) in [5.74, 6) is 0. The van der Waals surface area contributed by atoms with Gasteiger partial charge in [0.05, 0.1) is 0 Å². The number of hydrogen-bond acceptors (Lipinski definition) is 4. The summed E-state index contributed by atoms with van der Waals surface area (Å²) < 4.78 is 0. The Morgan fingerprint density at radius 2 is 1.92 bits per heavy atom. The molecule has 0 N–H and O–H groups in total. The van der Waals surface area contributed by atoms with Crippen LogP contribution in [0.15, 0.2) is 23.4 Å². The van der Waals surface area contributed by atoms with Crippen molar-refractivity contribution in [1.82, 2.24) is 0 Å². The summed E-state index contributed by atoms with van der Waals surface area (Å²) in [5, 5.41) is 2.61. The molecule has 0 saturated heterocycles. The number of nitroso groups, excluding NO2 is 1. The van der Waals surface area contributed by atoms with E-state index in [0.717, 1.165) is 0 Å². The second-order valence-corrected chi connectivity index (χ2v) is 2.15. The molecule has 0 aliphatic carbocycles. The van der Waals surface area contributed by atoms with E-state index < -0.39 is 0 Å². The molecule has 0 heterocycles. The molecule has 0 saturated carbocycles. The van der Waals surface area contributed by atoms with Crippen molar-refractivity contribution >= 4 is 18.3 Å². The van der Waals surface area contributed by atoms with Gasteiger partial charge in [0.15, 0.2) is 6.29 Å². The average Bonchev–Trinajstić information content (AvgIpc) is 2.16. The fourth-order valence-corrected chi connectivity index (χ4v) is 0.813. The van der Waals surface area contributed by atoms with Gasteiger partial charge in [-0.2, -0.15) is 0 Å². The number of rotatable bonds is 3. The maximum Gasteiger partial charge on any atom is 0.152 e. The number of hydrogen-bond donors (Lipinski definition) is 0. The summed E-state index contributed by atoms with van der Waals surface area (Å²) in [6, 6.07) is 4.10. The smallest absolute Gasteiger partial charge is 0.152 e. The second kappa shape index (κ2) is 3.52. The van der Waals surface area contributed by atoms with E-state index in [-0.39, 0.29) is 11.3 Å². The zero-order valence-electron chi connectivity index (χ0n) is 6.06. The second-order valence-electron chi connectivity index (χ2n) is 2.15. The SMILES string of the molecule is O=Cc1ccc(C=O)c(N=O)c1. The van der Waals surface area contributed by atoms with Crippen molar-refractivity contribution in [3.8, 4) is 0 Å². The van der Waals surface area contributed by atoms with Gasteiger partial charge < -0.3 is 0 Å². The molecule has 4 nitrogen and oxygen atoms in total. The minimum atomic E-state index is -0.00500. The van der Waals surface area contributed by atoms with Gasteiger partial charge in [0.25, 0.3) is 0 Å². The van der Waals surface area contributed by atoms with E-state index in [9.17, 15) is 14.5 Å². The fourth-order valence-electron chi connectivity index (χ4n) is 0.813. The standard InChI is InChI=1S/C8H5NO3/c10-4-6-1-2-7(5-11)8(3-6)9-12/h1-5H. The van der Waals surface area contributed by atoms with E-state index >= 15 is 0 Å². The molecule has 4 heteroatoms. The number of aldehydes is 2. The summed E-state index contributed by atoms with van der Waals surface area (Å²) >= 11 is 0. The molecule has 0 unspecified atom stereocenters. The summed E-state index contributed by atoms with van der Waals surface area (Å²) in [5.41, 5.74) is 0.514. The molecule has 0 bridgehead atoms. The van der Waals surface area contributed by atoms with Gasteiger partial charge in [0, 0.05) is 11.1 Å². The van der Waals surface area contributed by atoms with Crippen LogP contribution in [0.1, 0.15) is 20.7 Å². The Labute approximate surface area is 68.2 Å². The molecule has 0 aromatic heterocycles. The number of carbonyl (C=O) groups excluding carboxylic acids is 2. The molecule has 0 spiro atoms. The van der Waals surface area contributed by atoms with E-state index in [1.165, 1.54) is 18.2 Å². The molecule has 1 rings (SSSR count). The van der Waals surface area contributed by atoms with Crippen LogP contribution in [0.2, 0.25) is 0 Å². The largest absolute Gasteiger partial charge is 0.298 e. The van der Waals surface area contributed by atoms with Gasteiger partial charge in [-0.25, -0.2) is 0 Å². The van der Waals surface area contributed by atoms with Crippen LogP contribution in [0.3, 0.4) is 0 Å². The van der Waals surface area contributed by atoms with Crippen molar-refractivity contribution in [3.05, 3.63) is 34.2 Å². The Hall–Kier alpha value is -1.84. The van der Waals surface area contributed by atoms with Gasteiger partial charge in [-0.15, -0.1) is 4.91 Å². The molecule has 0 aliphatic rings. The average molecular weight is 163 g/mol. The quantitative estimate of drug-likeness (QED) is 0.503. The highest BCUT2D eigenvalue weighted by Crippen LogP contribution is 2.17. The van der Waals surface area contributed by atoms with Crippen LogP contribution in [0.25, 0.3) is 0 Å². The maximum atomic E-state index is 10.3. The van der Waals surface area contributed by atoms with Crippen molar-refractivity contribution in [2.75, 3.05) is 0 Å². The maximum absolute atomic E-state index is 10.3. The van der Waals surface area contributed by atoms with Gasteiger partial charge in [-0.1, -0.05) is 6.07 Å². The summed E-state index contributed by atoms with van der Waals surface area (Å²) in [7, 11) is 0. The minimum absolute atomic E-state index is 0.00500. The Bertz CT molecular complexity index is 333. The van der Waals surface area contributed by atoms with E-state index in [1.54, 1.807) is 0 Å². The molecule has 0 fully saturated rings. The van der Waals surface area contributed by atoms with Crippen molar-refractivity contribution < 1.29 is 9.59 Å². The van der Waals surface area contributed by atoms with Crippen molar-refractivity contribution in [2.45, 2.75) is 0 Å². The first kappa shape index (κ1) is 8.26. The predicted octanol–water partition coefficient (Wildman–Crippen LogP) is 1.71. The van der Waals surface area contributed by atoms with Gasteiger partial charge in [-0.05, 0) is 17.3 Å². The van der Waals surface area contributed by atoms with E-state index in [0.29, 0.717) is 18.1 Å². The van der Waals surface area contributed by atoms with Crippen LogP contribution in [-0.4, -0.2) is 12.6 Å². The lowest BCUT2D eigenvalue weighted by Gasteiger charge is -1.94. The normalized spacial score (nSPS) is 9.00. The first-order valence-electron chi connectivity index (χ1n) is 3.19.